The number of phosphoric acid groups is 1. The van der Waals surface area contributed by atoms with Gasteiger partial charge in [-0.25, -0.2) is 9.36 Å². The second kappa shape index (κ2) is 15.2. The van der Waals surface area contributed by atoms with Crippen molar-refractivity contribution in [2.24, 2.45) is 11.7 Å². The van der Waals surface area contributed by atoms with E-state index in [9.17, 15) is 18.9 Å². The molecule has 0 bridgehead atoms. The van der Waals surface area contributed by atoms with E-state index < -0.39 is 55.4 Å². The number of nitrogens with two attached hydrogens (primary N) is 1. The van der Waals surface area contributed by atoms with Crippen LogP contribution in [0.2, 0.25) is 0 Å². The zero-order valence-electron chi connectivity index (χ0n) is 21.9. The number of nitrogens with one attached hydrogen (secondary N) is 2. The van der Waals surface area contributed by atoms with Gasteiger partial charge >= 0.3 is 13.8 Å². The monoisotopic (exact) mass is 519 g/mol. The first kappa shape index (κ1) is 33.0. The van der Waals surface area contributed by atoms with Crippen LogP contribution in [0.25, 0.3) is 0 Å². The molecule has 0 radical (unpaired) electrons. The van der Waals surface area contributed by atoms with Crippen LogP contribution in [-0.4, -0.2) is 60.8 Å². The molecule has 11 nitrogen and oxygen atoms in total. The number of hydrogen-bond acceptors (Lipinski definition) is 9. The summed E-state index contributed by atoms with van der Waals surface area (Å²) in [6.45, 7) is 18.3. The Bertz CT molecular complexity index is 765. The molecule has 0 rings (SSSR count). The van der Waals surface area contributed by atoms with Crippen molar-refractivity contribution in [3.05, 3.63) is 25.3 Å². The van der Waals surface area contributed by atoms with Gasteiger partial charge in [0.15, 0.2) is 6.04 Å². The molecule has 0 heterocycles. The zero-order valence-corrected chi connectivity index (χ0v) is 22.8. The average molecular weight is 520 g/mol. The quantitative estimate of drug-likeness (QED) is 0.158. The number of carbonyl (C=O) groups excluding carboxylic acids is 3. The SMILES string of the molecule is C=CCOP(=O)(OCC=C)O[C@H](C)[C@H](NC(=O)[C@H](C)NC(=O)[C@@H](N)CC(C)C)C(=O)OC(C)(C)C. The lowest BCUT2D eigenvalue weighted by Gasteiger charge is -2.30. The van der Waals surface area contributed by atoms with Gasteiger partial charge in [-0.1, -0.05) is 26.0 Å². The summed E-state index contributed by atoms with van der Waals surface area (Å²) in [6, 6.07) is -3.22. The van der Waals surface area contributed by atoms with Gasteiger partial charge < -0.3 is 21.1 Å². The standard InChI is InChI=1S/C23H42N3O8P/c1-10-12-31-35(30,32-13-11-2)34-17(6)19(22(29)33-23(7,8)9)26-20(27)16(5)25-21(28)18(24)14-15(3)4/h10-11,15-19H,1-2,12-14,24H2,3-9H3,(H,25,28)(H,26,27)/t16-,17+,18-,19-/m0/s1. The number of hydrogen-bond donors (Lipinski definition) is 3. The largest absolute Gasteiger partial charge is 0.475 e. The molecular weight excluding hydrogens is 477 g/mol. The molecule has 0 saturated carbocycles. The van der Waals surface area contributed by atoms with E-state index in [1.165, 1.54) is 26.0 Å². The Labute approximate surface area is 208 Å². The molecule has 0 fully saturated rings. The van der Waals surface area contributed by atoms with Crippen molar-refractivity contribution in [1.29, 1.82) is 0 Å². The van der Waals surface area contributed by atoms with Crippen molar-refractivity contribution in [2.45, 2.75) is 84.7 Å². The Hall–Kier alpha value is -2.04. The van der Waals surface area contributed by atoms with Gasteiger partial charge in [0, 0.05) is 0 Å². The summed E-state index contributed by atoms with van der Waals surface area (Å²) in [5, 5.41) is 5.02. The molecule has 2 amide bonds. The van der Waals surface area contributed by atoms with Crippen LogP contribution in [0.5, 0.6) is 0 Å². The third-order valence-corrected chi connectivity index (χ3v) is 5.76. The predicted octanol–water partition coefficient (Wildman–Crippen LogP) is 2.61. The first-order valence-corrected chi connectivity index (χ1v) is 12.9. The van der Waals surface area contributed by atoms with Crippen molar-refractivity contribution in [3.8, 4) is 0 Å². The molecule has 0 unspecified atom stereocenters. The molecule has 0 aromatic carbocycles. The van der Waals surface area contributed by atoms with Crippen molar-refractivity contribution >= 4 is 25.6 Å². The van der Waals surface area contributed by atoms with E-state index in [-0.39, 0.29) is 19.1 Å². The van der Waals surface area contributed by atoms with Crippen molar-refractivity contribution in [2.75, 3.05) is 13.2 Å². The summed E-state index contributed by atoms with van der Waals surface area (Å²) in [5.74, 6) is -1.85. The number of ether oxygens (including phenoxy) is 1. The molecule has 0 aliphatic rings. The van der Waals surface area contributed by atoms with Crippen LogP contribution in [0.3, 0.4) is 0 Å². The van der Waals surface area contributed by atoms with Gasteiger partial charge in [-0.3, -0.25) is 23.2 Å². The number of phosphoric ester groups is 1. The first-order chi connectivity index (χ1) is 16.0. The smallest absolute Gasteiger partial charge is 0.458 e. The molecule has 4 atom stereocenters. The molecule has 12 heteroatoms. The lowest BCUT2D eigenvalue weighted by Crippen LogP contribution is -2.56. The first-order valence-electron chi connectivity index (χ1n) is 11.4. The highest BCUT2D eigenvalue weighted by atomic mass is 31.2. The Kier molecular flexibility index (Phi) is 14.3. The number of carbonyl (C=O) groups is 3. The highest BCUT2D eigenvalue weighted by Gasteiger charge is 2.39. The van der Waals surface area contributed by atoms with Gasteiger partial charge in [-0.05, 0) is 47.0 Å². The highest BCUT2D eigenvalue weighted by Crippen LogP contribution is 2.50. The topological polar surface area (TPSA) is 155 Å². The summed E-state index contributed by atoms with van der Waals surface area (Å²) in [7, 11) is -4.16. The minimum atomic E-state index is -4.16. The van der Waals surface area contributed by atoms with Crippen LogP contribution >= 0.6 is 7.82 Å². The Morgan fingerprint density at radius 3 is 1.91 bits per heavy atom. The molecule has 35 heavy (non-hydrogen) atoms. The fourth-order valence-electron chi connectivity index (χ4n) is 2.66. The zero-order chi connectivity index (χ0) is 27.4. The molecule has 4 N–H and O–H groups in total. The number of amides is 2. The maximum Gasteiger partial charge on any atom is 0.475 e. The Morgan fingerprint density at radius 2 is 1.49 bits per heavy atom. The van der Waals surface area contributed by atoms with E-state index in [0.29, 0.717) is 6.42 Å². The van der Waals surface area contributed by atoms with E-state index in [4.69, 9.17) is 24.0 Å². The van der Waals surface area contributed by atoms with E-state index >= 15 is 0 Å². The van der Waals surface area contributed by atoms with Crippen LogP contribution < -0.4 is 16.4 Å². The van der Waals surface area contributed by atoms with Gasteiger partial charge in [-0.2, -0.15) is 0 Å². The molecular formula is C23H42N3O8P. The van der Waals surface area contributed by atoms with Gasteiger partial charge in [0.2, 0.25) is 11.8 Å². The maximum absolute atomic E-state index is 13.0. The minimum Gasteiger partial charge on any atom is -0.458 e. The lowest BCUT2D eigenvalue weighted by atomic mass is 10.0. The third-order valence-electron chi connectivity index (χ3n) is 4.24. The maximum atomic E-state index is 13.0. The van der Waals surface area contributed by atoms with Crippen LogP contribution in [-0.2, 0) is 37.3 Å². The van der Waals surface area contributed by atoms with E-state index in [1.807, 2.05) is 13.8 Å². The Balaban J connectivity index is 5.65. The molecule has 0 aromatic heterocycles. The van der Waals surface area contributed by atoms with Gasteiger partial charge in [0.25, 0.3) is 0 Å². The number of esters is 1. The minimum absolute atomic E-state index is 0.149. The second-order valence-corrected chi connectivity index (χ2v) is 11.0. The van der Waals surface area contributed by atoms with Gasteiger partial charge in [0.1, 0.15) is 11.6 Å². The van der Waals surface area contributed by atoms with Crippen LogP contribution in [0.15, 0.2) is 25.3 Å². The average Bonchev–Trinajstić information content (AvgIpc) is 2.72. The number of rotatable bonds is 16. The second-order valence-electron chi connectivity index (χ2n) is 9.41. The van der Waals surface area contributed by atoms with Gasteiger partial charge in [0.05, 0.1) is 25.4 Å². The fourth-order valence-corrected chi connectivity index (χ4v) is 3.96. The summed E-state index contributed by atoms with van der Waals surface area (Å²) in [6.07, 6.45) is 1.93. The van der Waals surface area contributed by atoms with Crippen LogP contribution in [0, 0.1) is 5.92 Å². The summed E-state index contributed by atoms with van der Waals surface area (Å²) in [4.78, 5) is 38.0. The van der Waals surface area contributed by atoms with Crippen molar-refractivity contribution in [3.63, 3.8) is 0 Å². The third kappa shape index (κ3) is 13.6. The van der Waals surface area contributed by atoms with Gasteiger partial charge in [-0.15, -0.1) is 13.2 Å². The normalized spacial score (nSPS) is 15.5. The van der Waals surface area contributed by atoms with Crippen molar-refractivity contribution in [1.82, 2.24) is 10.6 Å². The van der Waals surface area contributed by atoms with E-state index in [1.54, 1.807) is 20.8 Å². The highest BCUT2D eigenvalue weighted by molar-refractivity contribution is 7.48. The van der Waals surface area contributed by atoms with Crippen LogP contribution in [0.1, 0.15) is 54.9 Å². The summed E-state index contributed by atoms with van der Waals surface area (Å²) in [5.41, 5.74) is 4.99. The van der Waals surface area contributed by atoms with Crippen LogP contribution in [0.4, 0.5) is 0 Å². The lowest BCUT2D eigenvalue weighted by molar-refractivity contribution is -0.161. The fraction of sp³-hybridized carbons (Fsp3) is 0.696. The van der Waals surface area contributed by atoms with Crippen molar-refractivity contribution < 1.29 is 37.3 Å². The molecule has 0 spiro atoms. The summed E-state index contributed by atoms with van der Waals surface area (Å²) < 4.78 is 34.2. The Morgan fingerprint density at radius 1 is 0.971 bits per heavy atom. The van der Waals surface area contributed by atoms with E-state index in [0.717, 1.165) is 0 Å². The van der Waals surface area contributed by atoms with E-state index in [2.05, 4.69) is 23.8 Å². The predicted molar refractivity (Wildman–Crippen MR) is 133 cm³/mol. The molecule has 0 saturated heterocycles. The summed E-state index contributed by atoms with van der Waals surface area (Å²) >= 11 is 0. The molecule has 202 valence electrons. The molecule has 0 aliphatic heterocycles. The molecule has 0 aliphatic carbocycles. The molecule has 0 aromatic rings.